The molecular formula is C15H19NO5. The quantitative estimate of drug-likeness (QED) is 0.891. The molecular weight excluding hydrogens is 274 g/mol. The van der Waals surface area contributed by atoms with Crippen LogP contribution in [0.5, 0.6) is 11.5 Å². The number of carboxylic acids is 1. The minimum Gasteiger partial charge on any atom is -0.482 e. The Hall–Kier alpha value is -2.24. The normalized spacial score (nSPS) is 19.9. The molecule has 0 saturated carbocycles. The lowest BCUT2D eigenvalue weighted by Crippen LogP contribution is -2.49. The number of aliphatic carboxylic acids is 1. The summed E-state index contributed by atoms with van der Waals surface area (Å²) in [5.41, 5.74) is 0. The molecule has 0 spiro atoms. The van der Waals surface area contributed by atoms with E-state index in [2.05, 4.69) is 0 Å². The number of para-hydroxylation sites is 2. The highest BCUT2D eigenvalue weighted by Gasteiger charge is 2.35. The van der Waals surface area contributed by atoms with E-state index in [4.69, 9.17) is 14.6 Å². The van der Waals surface area contributed by atoms with Crippen LogP contribution >= 0.6 is 0 Å². The van der Waals surface area contributed by atoms with Gasteiger partial charge < -0.3 is 19.5 Å². The summed E-state index contributed by atoms with van der Waals surface area (Å²) in [6.45, 7) is 2.16. The van der Waals surface area contributed by atoms with Crippen LogP contribution in [-0.4, -0.2) is 47.7 Å². The zero-order valence-electron chi connectivity index (χ0n) is 12.1. The number of ether oxygens (including phenoxy) is 2. The van der Waals surface area contributed by atoms with Crippen molar-refractivity contribution in [3.63, 3.8) is 0 Å². The van der Waals surface area contributed by atoms with Crippen molar-refractivity contribution in [3.8, 4) is 11.5 Å². The van der Waals surface area contributed by atoms with Crippen LogP contribution in [0.15, 0.2) is 24.3 Å². The van der Waals surface area contributed by atoms with Crippen LogP contribution in [-0.2, 0) is 9.59 Å². The van der Waals surface area contributed by atoms with Gasteiger partial charge in [0.05, 0.1) is 0 Å². The molecule has 0 saturated heterocycles. The van der Waals surface area contributed by atoms with Gasteiger partial charge in [-0.05, 0) is 25.5 Å². The molecule has 2 rings (SSSR count). The molecule has 0 bridgehead atoms. The minimum absolute atomic E-state index is 0.0397. The number of amides is 1. The molecule has 1 aliphatic heterocycles. The molecule has 0 aromatic heterocycles. The van der Waals surface area contributed by atoms with E-state index in [1.165, 1.54) is 4.90 Å². The van der Waals surface area contributed by atoms with Crippen molar-refractivity contribution in [1.29, 1.82) is 0 Å². The number of rotatable bonds is 5. The number of benzene rings is 1. The molecule has 1 heterocycles. The van der Waals surface area contributed by atoms with E-state index < -0.39 is 18.2 Å². The van der Waals surface area contributed by atoms with Gasteiger partial charge in [0.1, 0.15) is 6.10 Å². The van der Waals surface area contributed by atoms with Crippen LogP contribution in [0, 0.1) is 0 Å². The Balaban J connectivity index is 1.98. The van der Waals surface area contributed by atoms with Crippen molar-refractivity contribution < 1.29 is 24.2 Å². The van der Waals surface area contributed by atoms with E-state index in [1.807, 2.05) is 12.1 Å². The zero-order chi connectivity index (χ0) is 15.4. The number of hydrogen-bond donors (Lipinski definition) is 1. The van der Waals surface area contributed by atoms with E-state index in [-0.39, 0.29) is 12.3 Å². The number of nitrogens with zero attached hydrogens (tertiary/aromatic N) is 1. The fraction of sp³-hybridized carbons (Fsp3) is 0.467. The van der Waals surface area contributed by atoms with Crippen molar-refractivity contribution in [1.82, 2.24) is 4.90 Å². The van der Waals surface area contributed by atoms with Crippen molar-refractivity contribution in [2.45, 2.75) is 32.0 Å². The zero-order valence-corrected chi connectivity index (χ0v) is 12.1. The van der Waals surface area contributed by atoms with Gasteiger partial charge in [0.2, 0.25) is 6.10 Å². The van der Waals surface area contributed by atoms with E-state index in [1.54, 1.807) is 26.1 Å². The number of fused-ring (bicyclic) bond motifs is 1. The number of carbonyl (C=O) groups excluding carboxylic acids is 1. The second-order valence-corrected chi connectivity index (χ2v) is 5.07. The summed E-state index contributed by atoms with van der Waals surface area (Å²) in [6, 6.07) is 7.21. The molecule has 0 fully saturated rings. The number of hydrogen-bond acceptors (Lipinski definition) is 4. The fourth-order valence-corrected chi connectivity index (χ4v) is 2.19. The van der Waals surface area contributed by atoms with Crippen LogP contribution in [0.2, 0.25) is 0 Å². The molecule has 6 heteroatoms. The van der Waals surface area contributed by atoms with E-state index >= 15 is 0 Å². The van der Waals surface area contributed by atoms with Gasteiger partial charge in [0.25, 0.3) is 5.91 Å². The summed E-state index contributed by atoms with van der Waals surface area (Å²) in [5, 5.41) is 8.62. The van der Waals surface area contributed by atoms with Gasteiger partial charge in [0, 0.05) is 20.0 Å². The summed E-state index contributed by atoms with van der Waals surface area (Å²) in [7, 11) is 1.64. The molecule has 0 radical (unpaired) electrons. The van der Waals surface area contributed by atoms with Crippen LogP contribution in [0.1, 0.15) is 19.8 Å². The monoisotopic (exact) mass is 293 g/mol. The first kappa shape index (κ1) is 15.2. The SMILES string of the molecule is C[C@H]1Oc2ccccc2O[C@H]1C(=O)N(C)CCCC(=O)O. The molecule has 1 aromatic rings. The molecule has 1 aromatic carbocycles. The van der Waals surface area contributed by atoms with Crippen molar-refractivity contribution >= 4 is 11.9 Å². The summed E-state index contributed by atoms with van der Waals surface area (Å²) in [5.74, 6) is 0.105. The number of carboxylic acid groups (broad SMARTS) is 1. The number of likely N-dealkylation sites (N-methyl/N-ethyl adjacent to an activating group) is 1. The second kappa shape index (κ2) is 6.47. The van der Waals surface area contributed by atoms with Gasteiger partial charge in [-0.3, -0.25) is 9.59 Å². The average Bonchev–Trinajstić information content (AvgIpc) is 2.45. The Bertz CT molecular complexity index is 531. The largest absolute Gasteiger partial charge is 0.482 e. The summed E-state index contributed by atoms with van der Waals surface area (Å²) >= 11 is 0. The summed E-state index contributed by atoms with van der Waals surface area (Å²) in [4.78, 5) is 24.3. The smallest absolute Gasteiger partial charge is 0.303 e. The lowest BCUT2D eigenvalue weighted by atomic mass is 10.1. The van der Waals surface area contributed by atoms with E-state index in [0.29, 0.717) is 24.5 Å². The lowest BCUT2D eigenvalue weighted by Gasteiger charge is -2.33. The van der Waals surface area contributed by atoms with Gasteiger partial charge in [-0.15, -0.1) is 0 Å². The fourth-order valence-electron chi connectivity index (χ4n) is 2.19. The Kier molecular flexibility index (Phi) is 4.67. The standard InChI is InChI=1S/C15H19NO5/c1-10-14(15(19)16(2)9-5-8-13(17)18)21-12-7-4-3-6-11(12)20-10/h3-4,6-7,10,14H,5,8-9H2,1-2H3,(H,17,18)/t10-,14-/m1/s1. The maximum absolute atomic E-state index is 12.4. The Morgan fingerprint density at radius 3 is 2.48 bits per heavy atom. The highest BCUT2D eigenvalue weighted by Crippen LogP contribution is 2.33. The predicted octanol–water partition coefficient (Wildman–Crippen LogP) is 1.54. The van der Waals surface area contributed by atoms with Gasteiger partial charge in [-0.25, -0.2) is 0 Å². The third kappa shape index (κ3) is 3.65. The Labute approximate surface area is 123 Å². The average molecular weight is 293 g/mol. The highest BCUT2D eigenvalue weighted by atomic mass is 16.6. The Morgan fingerprint density at radius 1 is 1.24 bits per heavy atom. The van der Waals surface area contributed by atoms with Gasteiger partial charge in [0.15, 0.2) is 11.5 Å². The molecule has 1 aliphatic rings. The minimum atomic E-state index is -0.865. The van der Waals surface area contributed by atoms with E-state index in [0.717, 1.165) is 0 Å². The summed E-state index contributed by atoms with van der Waals surface area (Å²) in [6.07, 6.45) is -0.655. The van der Waals surface area contributed by atoms with Gasteiger partial charge in [-0.2, -0.15) is 0 Å². The maximum Gasteiger partial charge on any atom is 0.303 e. The molecule has 114 valence electrons. The first-order chi connectivity index (χ1) is 9.99. The molecule has 2 atom stereocenters. The van der Waals surface area contributed by atoms with Crippen LogP contribution in [0.25, 0.3) is 0 Å². The molecule has 0 aliphatic carbocycles. The second-order valence-electron chi connectivity index (χ2n) is 5.07. The first-order valence-corrected chi connectivity index (χ1v) is 6.88. The predicted molar refractivity (Wildman–Crippen MR) is 75.5 cm³/mol. The topological polar surface area (TPSA) is 76.1 Å². The third-order valence-electron chi connectivity index (χ3n) is 3.35. The van der Waals surface area contributed by atoms with Gasteiger partial charge >= 0.3 is 5.97 Å². The molecule has 6 nitrogen and oxygen atoms in total. The first-order valence-electron chi connectivity index (χ1n) is 6.88. The molecule has 21 heavy (non-hydrogen) atoms. The lowest BCUT2D eigenvalue weighted by molar-refractivity contribution is -0.144. The van der Waals surface area contributed by atoms with Crippen LogP contribution in [0.3, 0.4) is 0 Å². The molecule has 1 N–H and O–H groups in total. The van der Waals surface area contributed by atoms with Crippen molar-refractivity contribution in [2.24, 2.45) is 0 Å². The van der Waals surface area contributed by atoms with Crippen LogP contribution < -0.4 is 9.47 Å². The third-order valence-corrected chi connectivity index (χ3v) is 3.35. The van der Waals surface area contributed by atoms with E-state index in [9.17, 15) is 9.59 Å². The maximum atomic E-state index is 12.4. The molecule has 0 unspecified atom stereocenters. The van der Waals surface area contributed by atoms with Crippen molar-refractivity contribution in [3.05, 3.63) is 24.3 Å². The summed E-state index contributed by atoms with van der Waals surface area (Å²) < 4.78 is 11.4. The van der Waals surface area contributed by atoms with Gasteiger partial charge in [-0.1, -0.05) is 12.1 Å². The van der Waals surface area contributed by atoms with Crippen molar-refractivity contribution in [2.75, 3.05) is 13.6 Å². The number of carbonyl (C=O) groups is 2. The molecule has 1 amide bonds. The Morgan fingerprint density at radius 2 is 1.86 bits per heavy atom. The van der Waals surface area contributed by atoms with Crippen LogP contribution in [0.4, 0.5) is 0 Å². The highest BCUT2D eigenvalue weighted by molar-refractivity contribution is 5.82.